The van der Waals surface area contributed by atoms with E-state index in [9.17, 15) is 4.79 Å². The van der Waals surface area contributed by atoms with Crippen LogP contribution in [0, 0.1) is 0 Å². The molecule has 21 heavy (non-hydrogen) atoms. The van der Waals surface area contributed by atoms with E-state index < -0.39 is 0 Å². The van der Waals surface area contributed by atoms with E-state index in [4.69, 9.17) is 4.74 Å². The van der Waals surface area contributed by atoms with Gasteiger partial charge < -0.3 is 15.0 Å². The second-order valence-electron chi connectivity index (χ2n) is 5.93. The maximum Gasteiger partial charge on any atom is 0.257 e. The van der Waals surface area contributed by atoms with Gasteiger partial charge in [-0.2, -0.15) is 0 Å². The fourth-order valence-electron chi connectivity index (χ4n) is 2.62. The van der Waals surface area contributed by atoms with E-state index in [0.717, 1.165) is 25.1 Å². The molecule has 0 bridgehead atoms. The van der Waals surface area contributed by atoms with Crippen LogP contribution in [0.15, 0.2) is 18.2 Å². The number of amides is 1. The standard InChI is InChI=1S/C17H26N2O2/c1-19(2)11-5-10-18-17(20)13-21-16-9-8-14-6-3-4-7-15(14)12-16/h8-9,12H,3-7,10-11,13H2,1-2H3,(H,18,20). The maximum atomic E-state index is 11.7. The van der Waals surface area contributed by atoms with Crippen LogP contribution in [0.25, 0.3) is 0 Å². The Morgan fingerprint density at radius 1 is 1.24 bits per heavy atom. The van der Waals surface area contributed by atoms with E-state index in [1.165, 1.54) is 30.4 Å². The van der Waals surface area contributed by atoms with Gasteiger partial charge in [0.05, 0.1) is 0 Å². The van der Waals surface area contributed by atoms with Crippen LogP contribution in [0.3, 0.4) is 0 Å². The highest BCUT2D eigenvalue weighted by molar-refractivity contribution is 5.77. The van der Waals surface area contributed by atoms with E-state index in [1.54, 1.807) is 0 Å². The molecule has 2 rings (SSSR count). The summed E-state index contributed by atoms with van der Waals surface area (Å²) in [6, 6.07) is 6.20. The lowest BCUT2D eigenvalue weighted by atomic mass is 9.92. The monoisotopic (exact) mass is 290 g/mol. The normalized spacial score (nSPS) is 13.9. The number of rotatable bonds is 7. The molecule has 0 fully saturated rings. The van der Waals surface area contributed by atoms with Crippen molar-refractivity contribution in [3.63, 3.8) is 0 Å². The van der Waals surface area contributed by atoms with Gasteiger partial charge in [0.1, 0.15) is 5.75 Å². The third kappa shape index (κ3) is 5.38. The highest BCUT2D eigenvalue weighted by Gasteiger charge is 2.10. The Morgan fingerprint density at radius 2 is 2.00 bits per heavy atom. The van der Waals surface area contributed by atoms with Gasteiger partial charge in [0.25, 0.3) is 5.91 Å². The van der Waals surface area contributed by atoms with Crippen LogP contribution in [-0.4, -0.2) is 44.6 Å². The summed E-state index contributed by atoms with van der Waals surface area (Å²) in [6.07, 6.45) is 5.79. The number of fused-ring (bicyclic) bond motifs is 1. The number of nitrogens with zero attached hydrogens (tertiary/aromatic N) is 1. The molecule has 0 atom stereocenters. The van der Waals surface area contributed by atoms with Crippen molar-refractivity contribution < 1.29 is 9.53 Å². The average Bonchev–Trinajstić information content (AvgIpc) is 2.49. The second kappa shape index (κ2) is 8.03. The van der Waals surface area contributed by atoms with E-state index in [2.05, 4.69) is 22.3 Å². The molecular weight excluding hydrogens is 264 g/mol. The van der Waals surface area contributed by atoms with E-state index in [1.807, 2.05) is 20.2 Å². The van der Waals surface area contributed by atoms with E-state index in [-0.39, 0.29) is 12.5 Å². The van der Waals surface area contributed by atoms with Crippen LogP contribution in [-0.2, 0) is 17.6 Å². The lowest BCUT2D eigenvalue weighted by molar-refractivity contribution is -0.123. The number of nitrogens with one attached hydrogen (secondary N) is 1. The minimum Gasteiger partial charge on any atom is -0.484 e. The number of benzene rings is 1. The summed E-state index contributed by atoms with van der Waals surface area (Å²) in [7, 11) is 4.06. The van der Waals surface area contributed by atoms with E-state index >= 15 is 0 Å². The quantitative estimate of drug-likeness (QED) is 0.781. The van der Waals surface area contributed by atoms with Crippen LogP contribution < -0.4 is 10.1 Å². The molecule has 0 radical (unpaired) electrons. The summed E-state index contributed by atoms with van der Waals surface area (Å²) in [6.45, 7) is 1.78. The first-order chi connectivity index (χ1) is 10.1. The van der Waals surface area contributed by atoms with Crippen molar-refractivity contribution in [1.29, 1.82) is 0 Å². The summed E-state index contributed by atoms with van der Waals surface area (Å²) >= 11 is 0. The van der Waals surface area contributed by atoms with Gasteiger partial charge in [0.2, 0.25) is 0 Å². The molecule has 0 aliphatic heterocycles. The zero-order chi connectivity index (χ0) is 15.1. The Bertz CT molecular complexity index is 472. The van der Waals surface area contributed by atoms with E-state index in [0.29, 0.717) is 6.54 Å². The molecule has 0 heterocycles. The Kier molecular flexibility index (Phi) is 6.05. The van der Waals surface area contributed by atoms with Crippen molar-refractivity contribution in [2.75, 3.05) is 33.8 Å². The maximum absolute atomic E-state index is 11.7. The third-order valence-electron chi connectivity index (χ3n) is 3.79. The summed E-state index contributed by atoms with van der Waals surface area (Å²) in [5.74, 6) is 0.755. The summed E-state index contributed by atoms with van der Waals surface area (Å²) < 4.78 is 5.59. The molecule has 1 N–H and O–H groups in total. The fraction of sp³-hybridized carbons (Fsp3) is 0.588. The van der Waals surface area contributed by atoms with Gasteiger partial charge in [0, 0.05) is 6.54 Å². The zero-order valence-electron chi connectivity index (χ0n) is 13.2. The van der Waals surface area contributed by atoms with Gasteiger partial charge in [0.15, 0.2) is 6.61 Å². The first-order valence-electron chi connectivity index (χ1n) is 7.81. The summed E-state index contributed by atoms with van der Waals surface area (Å²) in [4.78, 5) is 13.8. The van der Waals surface area contributed by atoms with Gasteiger partial charge in [-0.25, -0.2) is 0 Å². The zero-order valence-corrected chi connectivity index (χ0v) is 13.2. The molecular formula is C17H26N2O2. The topological polar surface area (TPSA) is 41.6 Å². The number of hydrogen-bond donors (Lipinski definition) is 1. The fourth-order valence-corrected chi connectivity index (χ4v) is 2.62. The first-order valence-corrected chi connectivity index (χ1v) is 7.81. The molecule has 0 unspecified atom stereocenters. The second-order valence-corrected chi connectivity index (χ2v) is 5.93. The van der Waals surface area contributed by atoms with Gasteiger partial charge in [-0.3, -0.25) is 4.79 Å². The van der Waals surface area contributed by atoms with Crippen molar-refractivity contribution in [3.8, 4) is 5.75 Å². The molecule has 0 saturated heterocycles. The number of carbonyl (C=O) groups is 1. The SMILES string of the molecule is CN(C)CCCNC(=O)COc1ccc2c(c1)CCCC2. The molecule has 0 aromatic heterocycles. The molecule has 0 saturated carbocycles. The predicted molar refractivity (Wildman–Crippen MR) is 84.8 cm³/mol. The molecule has 1 aromatic carbocycles. The molecule has 116 valence electrons. The Labute approximate surface area is 127 Å². The molecule has 4 heteroatoms. The molecule has 1 aliphatic rings. The van der Waals surface area contributed by atoms with Crippen LogP contribution in [0.5, 0.6) is 5.75 Å². The van der Waals surface area contributed by atoms with Gasteiger partial charge in [-0.15, -0.1) is 0 Å². The van der Waals surface area contributed by atoms with Crippen LogP contribution in [0.1, 0.15) is 30.4 Å². The van der Waals surface area contributed by atoms with Crippen molar-refractivity contribution in [2.45, 2.75) is 32.1 Å². The molecule has 1 aromatic rings. The Morgan fingerprint density at radius 3 is 2.76 bits per heavy atom. The number of carbonyl (C=O) groups excluding carboxylic acids is 1. The smallest absolute Gasteiger partial charge is 0.257 e. The predicted octanol–water partition coefficient (Wildman–Crippen LogP) is 2.01. The lowest BCUT2D eigenvalue weighted by Gasteiger charge is -2.16. The van der Waals surface area contributed by atoms with Gasteiger partial charge >= 0.3 is 0 Å². The number of ether oxygens (including phenoxy) is 1. The van der Waals surface area contributed by atoms with Crippen LogP contribution in [0.4, 0.5) is 0 Å². The molecule has 0 spiro atoms. The number of aryl methyl sites for hydroxylation is 2. The number of hydrogen-bond acceptors (Lipinski definition) is 3. The minimum atomic E-state index is -0.0496. The van der Waals surface area contributed by atoms with Crippen molar-refractivity contribution >= 4 is 5.91 Å². The first kappa shape index (κ1) is 15.8. The highest BCUT2D eigenvalue weighted by Crippen LogP contribution is 2.25. The van der Waals surface area contributed by atoms with Gasteiger partial charge in [-0.1, -0.05) is 6.07 Å². The third-order valence-corrected chi connectivity index (χ3v) is 3.79. The van der Waals surface area contributed by atoms with Crippen molar-refractivity contribution in [2.24, 2.45) is 0 Å². The van der Waals surface area contributed by atoms with Crippen LogP contribution >= 0.6 is 0 Å². The summed E-state index contributed by atoms with van der Waals surface area (Å²) in [5, 5.41) is 2.88. The Balaban J connectivity index is 1.71. The minimum absolute atomic E-state index is 0.0496. The van der Waals surface area contributed by atoms with Crippen molar-refractivity contribution in [3.05, 3.63) is 29.3 Å². The molecule has 1 amide bonds. The van der Waals surface area contributed by atoms with Crippen LogP contribution in [0.2, 0.25) is 0 Å². The molecule has 1 aliphatic carbocycles. The molecule has 4 nitrogen and oxygen atoms in total. The Hall–Kier alpha value is -1.55. The van der Waals surface area contributed by atoms with Crippen molar-refractivity contribution in [1.82, 2.24) is 10.2 Å². The highest BCUT2D eigenvalue weighted by atomic mass is 16.5. The average molecular weight is 290 g/mol. The lowest BCUT2D eigenvalue weighted by Crippen LogP contribution is -2.31. The van der Waals surface area contributed by atoms with Gasteiger partial charge in [-0.05, 0) is 76.0 Å². The largest absolute Gasteiger partial charge is 0.484 e. The summed E-state index contributed by atoms with van der Waals surface area (Å²) in [5.41, 5.74) is 2.81.